The largest absolute Gasteiger partial charge is 0.459 e. The molecular formula is C22H22N6O3S2. The number of aromatic nitrogens is 2. The van der Waals surface area contributed by atoms with Gasteiger partial charge in [0.15, 0.2) is 10.9 Å². The Labute approximate surface area is 198 Å². The number of thiazole rings is 1. The summed E-state index contributed by atoms with van der Waals surface area (Å²) in [6.07, 6.45) is 1.53. The average molecular weight is 483 g/mol. The number of hydrogen-bond acceptors (Lipinski definition) is 10. The second-order valence-electron chi connectivity index (χ2n) is 7.49. The van der Waals surface area contributed by atoms with Crippen molar-refractivity contribution in [2.45, 2.75) is 13.8 Å². The van der Waals surface area contributed by atoms with Gasteiger partial charge in [-0.15, -0.1) is 11.3 Å². The number of thiophene rings is 1. The summed E-state index contributed by atoms with van der Waals surface area (Å²) in [5, 5.41) is 10.5. The summed E-state index contributed by atoms with van der Waals surface area (Å²) in [7, 11) is 0. The number of furan rings is 1. The summed E-state index contributed by atoms with van der Waals surface area (Å²) in [6.45, 7) is 8.22. The molecule has 1 saturated heterocycles. The molecular weight excluding hydrogens is 460 g/mol. The van der Waals surface area contributed by atoms with Gasteiger partial charge in [-0.3, -0.25) is 4.79 Å². The molecule has 11 heteroatoms. The van der Waals surface area contributed by atoms with Crippen LogP contribution in [0.3, 0.4) is 0 Å². The van der Waals surface area contributed by atoms with Gasteiger partial charge in [0.05, 0.1) is 15.8 Å². The van der Waals surface area contributed by atoms with Crippen LogP contribution in [0, 0.1) is 11.3 Å². The van der Waals surface area contributed by atoms with Crippen LogP contribution in [0.5, 0.6) is 0 Å². The number of carbonyl (C=O) groups is 1. The van der Waals surface area contributed by atoms with Crippen LogP contribution in [0.15, 0.2) is 33.3 Å². The maximum atomic E-state index is 13.1. The first kappa shape index (κ1) is 21.5. The smallest absolute Gasteiger partial charge is 0.266 e. The monoisotopic (exact) mass is 482 g/mol. The molecule has 0 spiro atoms. The molecule has 1 amide bonds. The number of oxazole rings is 1. The molecule has 4 aromatic rings. The molecule has 1 fully saturated rings. The molecule has 33 heavy (non-hydrogen) atoms. The number of hydrogen-bond donors (Lipinski definition) is 0. The van der Waals surface area contributed by atoms with Gasteiger partial charge in [0.25, 0.3) is 11.8 Å². The van der Waals surface area contributed by atoms with E-state index in [1.54, 1.807) is 23.5 Å². The SMILES string of the molecule is CCN(CC)c1nc2sc(C(=O)N3CCN(c4oc(-c5ccco5)nc4C#N)CC3)cc2s1. The Hall–Kier alpha value is -3.36. The van der Waals surface area contributed by atoms with E-state index >= 15 is 0 Å². The van der Waals surface area contributed by atoms with Gasteiger partial charge in [-0.2, -0.15) is 10.2 Å². The van der Waals surface area contributed by atoms with Crippen molar-refractivity contribution in [3.05, 3.63) is 35.0 Å². The predicted octanol–water partition coefficient (Wildman–Crippen LogP) is 4.29. The highest BCUT2D eigenvalue weighted by Crippen LogP contribution is 2.35. The van der Waals surface area contributed by atoms with Gasteiger partial charge < -0.3 is 23.5 Å². The first-order valence-corrected chi connectivity index (χ1v) is 12.4. The molecule has 0 radical (unpaired) electrons. The Morgan fingerprint density at radius 2 is 2.00 bits per heavy atom. The van der Waals surface area contributed by atoms with Crippen LogP contribution in [0.1, 0.15) is 29.2 Å². The third-order valence-electron chi connectivity index (χ3n) is 5.62. The topological polar surface area (TPSA) is 103 Å². The van der Waals surface area contributed by atoms with E-state index in [1.807, 2.05) is 15.9 Å². The summed E-state index contributed by atoms with van der Waals surface area (Å²) in [4.78, 5) is 29.7. The molecule has 1 aliphatic rings. The van der Waals surface area contributed by atoms with E-state index in [2.05, 4.69) is 29.8 Å². The first-order chi connectivity index (χ1) is 16.1. The van der Waals surface area contributed by atoms with E-state index in [9.17, 15) is 10.1 Å². The Kier molecular flexibility index (Phi) is 5.78. The number of amides is 1. The number of carbonyl (C=O) groups excluding carboxylic acids is 1. The van der Waals surface area contributed by atoms with E-state index in [1.165, 1.54) is 17.6 Å². The Morgan fingerprint density at radius 1 is 1.21 bits per heavy atom. The van der Waals surface area contributed by atoms with Crippen LogP contribution in [0.2, 0.25) is 0 Å². The van der Waals surface area contributed by atoms with Crippen LogP contribution in [0.25, 0.3) is 21.2 Å². The molecule has 170 valence electrons. The van der Waals surface area contributed by atoms with Crippen molar-refractivity contribution >= 4 is 49.1 Å². The summed E-state index contributed by atoms with van der Waals surface area (Å²) < 4.78 is 12.2. The lowest BCUT2D eigenvalue weighted by Crippen LogP contribution is -2.48. The molecule has 5 heterocycles. The van der Waals surface area contributed by atoms with Crippen LogP contribution >= 0.6 is 22.7 Å². The van der Waals surface area contributed by atoms with Crippen molar-refractivity contribution in [3.8, 4) is 17.7 Å². The fourth-order valence-electron chi connectivity index (χ4n) is 3.83. The highest BCUT2D eigenvalue weighted by atomic mass is 32.1. The Bertz CT molecular complexity index is 1270. The fourth-order valence-corrected chi connectivity index (χ4v) is 6.14. The molecule has 0 aromatic carbocycles. The summed E-state index contributed by atoms with van der Waals surface area (Å²) in [6, 6.07) is 7.52. The highest BCUT2D eigenvalue weighted by Gasteiger charge is 2.28. The van der Waals surface area contributed by atoms with Crippen molar-refractivity contribution < 1.29 is 13.6 Å². The van der Waals surface area contributed by atoms with Gasteiger partial charge in [-0.1, -0.05) is 11.3 Å². The van der Waals surface area contributed by atoms with E-state index in [-0.39, 0.29) is 17.5 Å². The zero-order valence-corrected chi connectivity index (χ0v) is 19.9. The summed E-state index contributed by atoms with van der Waals surface area (Å²) in [5.74, 6) is 1.19. The zero-order valence-electron chi connectivity index (χ0n) is 18.3. The average Bonchev–Trinajstić information content (AvgIpc) is 3.62. The van der Waals surface area contributed by atoms with Crippen LogP contribution < -0.4 is 9.80 Å². The second-order valence-corrected chi connectivity index (χ2v) is 9.53. The van der Waals surface area contributed by atoms with E-state index in [4.69, 9.17) is 13.8 Å². The quantitative estimate of drug-likeness (QED) is 0.401. The van der Waals surface area contributed by atoms with Gasteiger partial charge in [-0.05, 0) is 32.0 Å². The lowest BCUT2D eigenvalue weighted by Gasteiger charge is -2.34. The highest BCUT2D eigenvalue weighted by molar-refractivity contribution is 7.29. The minimum absolute atomic E-state index is 0.0172. The first-order valence-electron chi connectivity index (χ1n) is 10.8. The van der Waals surface area contributed by atoms with E-state index in [0.29, 0.717) is 42.7 Å². The van der Waals surface area contributed by atoms with Crippen molar-refractivity contribution in [1.29, 1.82) is 5.26 Å². The number of nitrogens with zero attached hydrogens (tertiary/aromatic N) is 6. The minimum atomic E-state index is 0.0172. The van der Waals surface area contributed by atoms with Gasteiger partial charge >= 0.3 is 0 Å². The van der Waals surface area contributed by atoms with Gasteiger partial charge in [0.2, 0.25) is 11.6 Å². The molecule has 1 aliphatic heterocycles. The molecule has 0 bridgehead atoms. The Balaban J connectivity index is 1.27. The number of rotatable bonds is 6. The molecule has 0 unspecified atom stereocenters. The van der Waals surface area contributed by atoms with Gasteiger partial charge in [-0.25, -0.2) is 4.98 Å². The normalized spacial score (nSPS) is 14.1. The van der Waals surface area contributed by atoms with Crippen molar-refractivity contribution in [2.75, 3.05) is 49.1 Å². The number of nitriles is 1. The van der Waals surface area contributed by atoms with Crippen molar-refractivity contribution in [1.82, 2.24) is 14.9 Å². The maximum absolute atomic E-state index is 13.1. The van der Waals surface area contributed by atoms with Gasteiger partial charge in [0.1, 0.15) is 10.9 Å². The number of piperazine rings is 1. The minimum Gasteiger partial charge on any atom is -0.459 e. The van der Waals surface area contributed by atoms with Crippen LogP contribution in [-0.4, -0.2) is 60.0 Å². The van der Waals surface area contributed by atoms with Crippen molar-refractivity contribution in [3.63, 3.8) is 0 Å². The lowest BCUT2D eigenvalue weighted by atomic mass is 10.3. The van der Waals surface area contributed by atoms with Crippen LogP contribution in [-0.2, 0) is 0 Å². The maximum Gasteiger partial charge on any atom is 0.266 e. The zero-order chi connectivity index (χ0) is 22.9. The second kappa shape index (κ2) is 8.88. The van der Waals surface area contributed by atoms with Crippen molar-refractivity contribution in [2.24, 2.45) is 0 Å². The molecule has 4 aromatic heterocycles. The van der Waals surface area contributed by atoms with E-state index in [0.717, 1.165) is 27.8 Å². The number of fused-ring (bicyclic) bond motifs is 1. The Morgan fingerprint density at radius 3 is 2.64 bits per heavy atom. The molecule has 0 atom stereocenters. The number of anilines is 2. The molecule has 0 aliphatic carbocycles. The molecule has 0 N–H and O–H groups in total. The molecule has 9 nitrogen and oxygen atoms in total. The summed E-state index contributed by atoms with van der Waals surface area (Å²) >= 11 is 3.08. The van der Waals surface area contributed by atoms with Gasteiger partial charge in [0, 0.05) is 39.3 Å². The molecule has 0 saturated carbocycles. The fraction of sp³-hybridized carbons (Fsp3) is 0.364. The van der Waals surface area contributed by atoms with Crippen LogP contribution in [0.4, 0.5) is 11.0 Å². The summed E-state index contributed by atoms with van der Waals surface area (Å²) in [5.41, 5.74) is 0.217. The molecule has 5 rings (SSSR count). The van der Waals surface area contributed by atoms with E-state index < -0.39 is 0 Å². The lowest BCUT2D eigenvalue weighted by molar-refractivity contribution is 0.0750. The third kappa shape index (κ3) is 3.96. The predicted molar refractivity (Wildman–Crippen MR) is 128 cm³/mol. The third-order valence-corrected chi connectivity index (χ3v) is 7.83. The standard InChI is InChI=1S/C22H22N6O3S2/c1-3-26(4-2)22-25-19-16(33-22)12-17(32-19)20(29)27-7-9-28(10-8-27)21-14(13-23)24-18(31-21)15-6-5-11-30-15/h5-6,11-12H,3-4,7-10H2,1-2H3.